The number of hydrogen-bond donors (Lipinski definition) is 2. The summed E-state index contributed by atoms with van der Waals surface area (Å²) in [5, 5.41) is 3.30. The van der Waals surface area contributed by atoms with E-state index in [1.807, 2.05) is 6.92 Å². The van der Waals surface area contributed by atoms with Crippen LogP contribution in [0.4, 0.5) is 0 Å². The maximum atomic E-state index is 12.0. The molecule has 0 aromatic carbocycles. The second-order valence-corrected chi connectivity index (χ2v) is 5.98. The second-order valence-electron chi connectivity index (χ2n) is 4.32. The second kappa shape index (κ2) is 5.12. The van der Waals surface area contributed by atoms with Crippen LogP contribution in [0.2, 0.25) is 0 Å². The maximum absolute atomic E-state index is 12.0. The van der Waals surface area contributed by atoms with E-state index in [9.17, 15) is 8.42 Å². The highest BCUT2D eigenvalue weighted by atomic mass is 32.2. The Morgan fingerprint density at radius 2 is 2.06 bits per heavy atom. The van der Waals surface area contributed by atoms with Gasteiger partial charge in [-0.2, -0.15) is 0 Å². The average molecular weight is 255 g/mol. The van der Waals surface area contributed by atoms with Crippen LogP contribution in [0.15, 0.2) is 23.4 Å². The highest BCUT2D eigenvalue weighted by Crippen LogP contribution is 2.10. The molecule has 1 aliphatic rings. The minimum absolute atomic E-state index is 0.0179. The largest absolute Gasteiger partial charge is 0.317 e. The number of nitrogens with zero attached hydrogens (tertiary/aromatic N) is 1. The molecule has 1 fully saturated rings. The number of sulfonamides is 1. The molecule has 1 aromatic rings. The van der Waals surface area contributed by atoms with E-state index in [1.165, 1.54) is 0 Å². The van der Waals surface area contributed by atoms with E-state index in [0.29, 0.717) is 0 Å². The van der Waals surface area contributed by atoms with Crippen LogP contribution in [0.25, 0.3) is 0 Å². The van der Waals surface area contributed by atoms with Gasteiger partial charge in [0.15, 0.2) is 5.03 Å². The summed E-state index contributed by atoms with van der Waals surface area (Å²) in [4.78, 5) is 3.95. The van der Waals surface area contributed by atoms with Crippen molar-refractivity contribution in [1.29, 1.82) is 0 Å². The molecule has 6 heteroatoms. The molecule has 2 N–H and O–H groups in total. The standard InChI is InChI=1S/C11H17N3O2S/c1-9-2-3-11(13-8-9)17(15,16)14-10-4-6-12-7-5-10/h2-3,8,10,12,14H,4-7H2,1H3. The Balaban J connectivity index is 2.10. The summed E-state index contributed by atoms with van der Waals surface area (Å²) in [6, 6.07) is 3.31. The number of nitrogens with one attached hydrogen (secondary N) is 2. The topological polar surface area (TPSA) is 71.1 Å². The summed E-state index contributed by atoms with van der Waals surface area (Å²) in [6.45, 7) is 3.59. The molecule has 1 aliphatic heterocycles. The first-order chi connectivity index (χ1) is 8.08. The monoisotopic (exact) mass is 255 g/mol. The SMILES string of the molecule is Cc1ccc(S(=O)(=O)NC2CCNCC2)nc1. The first kappa shape index (κ1) is 12.5. The Labute approximate surface area is 102 Å². The van der Waals surface area contributed by atoms with Crippen LogP contribution in [-0.4, -0.2) is 32.5 Å². The molecule has 0 amide bonds. The smallest absolute Gasteiger partial charge is 0.258 e. The summed E-state index contributed by atoms with van der Waals surface area (Å²) < 4.78 is 26.7. The van der Waals surface area contributed by atoms with Gasteiger partial charge in [0, 0.05) is 12.2 Å². The molecule has 0 saturated carbocycles. The zero-order valence-corrected chi connectivity index (χ0v) is 10.6. The van der Waals surface area contributed by atoms with Crippen LogP contribution in [-0.2, 0) is 10.0 Å². The van der Waals surface area contributed by atoms with Crippen molar-refractivity contribution in [3.63, 3.8) is 0 Å². The van der Waals surface area contributed by atoms with Crippen molar-refractivity contribution >= 4 is 10.0 Å². The Kier molecular flexibility index (Phi) is 3.76. The molecule has 0 aliphatic carbocycles. The third kappa shape index (κ3) is 3.24. The van der Waals surface area contributed by atoms with Crippen LogP contribution in [0, 0.1) is 6.92 Å². The van der Waals surface area contributed by atoms with Gasteiger partial charge in [-0.25, -0.2) is 18.1 Å². The van der Waals surface area contributed by atoms with Crippen molar-refractivity contribution in [2.45, 2.75) is 30.8 Å². The van der Waals surface area contributed by atoms with Gasteiger partial charge >= 0.3 is 0 Å². The van der Waals surface area contributed by atoms with E-state index < -0.39 is 10.0 Å². The number of rotatable bonds is 3. The minimum Gasteiger partial charge on any atom is -0.317 e. The molecule has 5 nitrogen and oxygen atoms in total. The van der Waals surface area contributed by atoms with Gasteiger partial charge in [0.1, 0.15) is 0 Å². The molecular weight excluding hydrogens is 238 g/mol. The summed E-state index contributed by atoms with van der Waals surface area (Å²) in [6.07, 6.45) is 3.22. The van der Waals surface area contributed by atoms with Crippen LogP contribution in [0.3, 0.4) is 0 Å². The van der Waals surface area contributed by atoms with Crippen molar-refractivity contribution in [1.82, 2.24) is 15.0 Å². The Morgan fingerprint density at radius 1 is 1.35 bits per heavy atom. The lowest BCUT2D eigenvalue weighted by Gasteiger charge is -2.23. The first-order valence-electron chi connectivity index (χ1n) is 5.74. The van der Waals surface area contributed by atoms with Gasteiger partial charge in [0.05, 0.1) is 0 Å². The fraction of sp³-hybridized carbons (Fsp3) is 0.545. The summed E-state index contributed by atoms with van der Waals surface area (Å²) in [5.74, 6) is 0. The lowest BCUT2D eigenvalue weighted by Crippen LogP contribution is -2.42. The van der Waals surface area contributed by atoms with Gasteiger partial charge < -0.3 is 5.32 Å². The maximum Gasteiger partial charge on any atom is 0.258 e. The quantitative estimate of drug-likeness (QED) is 0.821. The zero-order valence-electron chi connectivity index (χ0n) is 9.81. The van der Waals surface area contributed by atoms with Crippen molar-refractivity contribution in [3.05, 3.63) is 23.9 Å². The fourth-order valence-electron chi connectivity index (χ4n) is 1.83. The predicted octanol–water partition coefficient (Wildman–Crippen LogP) is 0.420. The van der Waals surface area contributed by atoms with E-state index in [0.717, 1.165) is 31.5 Å². The van der Waals surface area contributed by atoms with Crippen LogP contribution in [0.5, 0.6) is 0 Å². The van der Waals surface area contributed by atoms with Crippen LogP contribution < -0.4 is 10.0 Å². The van der Waals surface area contributed by atoms with E-state index in [2.05, 4.69) is 15.0 Å². The molecule has 1 aromatic heterocycles. The van der Waals surface area contributed by atoms with Gasteiger partial charge in [0.25, 0.3) is 10.0 Å². The normalized spacial score (nSPS) is 18.2. The minimum atomic E-state index is -3.47. The predicted molar refractivity (Wildman–Crippen MR) is 65.2 cm³/mol. The van der Waals surface area contributed by atoms with E-state index in [1.54, 1.807) is 18.3 Å². The highest BCUT2D eigenvalue weighted by Gasteiger charge is 2.22. The lowest BCUT2D eigenvalue weighted by molar-refractivity contribution is 0.426. The third-order valence-corrected chi connectivity index (χ3v) is 4.26. The summed E-state index contributed by atoms with van der Waals surface area (Å²) >= 11 is 0. The van der Waals surface area contributed by atoms with E-state index in [-0.39, 0.29) is 11.1 Å². The molecule has 1 saturated heterocycles. The molecule has 0 spiro atoms. The Morgan fingerprint density at radius 3 is 2.65 bits per heavy atom. The number of piperidine rings is 1. The highest BCUT2D eigenvalue weighted by molar-refractivity contribution is 7.89. The van der Waals surface area contributed by atoms with Gasteiger partial charge in [-0.05, 0) is 44.5 Å². The van der Waals surface area contributed by atoms with Gasteiger partial charge in [0.2, 0.25) is 0 Å². The van der Waals surface area contributed by atoms with Gasteiger partial charge in [-0.1, -0.05) is 6.07 Å². The molecular formula is C11H17N3O2S. The van der Waals surface area contributed by atoms with E-state index >= 15 is 0 Å². The Hall–Kier alpha value is -0.980. The van der Waals surface area contributed by atoms with Crippen molar-refractivity contribution in [2.75, 3.05) is 13.1 Å². The number of aromatic nitrogens is 1. The fourth-order valence-corrected chi connectivity index (χ4v) is 3.07. The van der Waals surface area contributed by atoms with Gasteiger partial charge in [-0.3, -0.25) is 0 Å². The molecule has 0 unspecified atom stereocenters. The lowest BCUT2D eigenvalue weighted by atomic mass is 10.1. The Bertz CT molecular complexity index is 464. The molecule has 0 atom stereocenters. The molecule has 2 rings (SSSR count). The van der Waals surface area contributed by atoms with Gasteiger partial charge in [-0.15, -0.1) is 0 Å². The number of aryl methyl sites for hydroxylation is 1. The molecule has 2 heterocycles. The van der Waals surface area contributed by atoms with E-state index in [4.69, 9.17) is 0 Å². The van der Waals surface area contributed by atoms with Crippen LogP contribution >= 0.6 is 0 Å². The zero-order chi connectivity index (χ0) is 12.3. The summed E-state index contributed by atoms with van der Waals surface area (Å²) in [5.41, 5.74) is 0.950. The van der Waals surface area contributed by atoms with Crippen molar-refractivity contribution in [3.8, 4) is 0 Å². The van der Waals surface area contributed by atoms with Crippen molar-refractivity contribution in [2.24, 2.45) is 0 Å². The number of pyridine rings is 1. The van der Waals surface area contributed by atoms with Crippen LogP contribution in [0.1, 0.15) is 18.4 Å². The average Bonchev–Trinajstić information content (AvgIpc) is 2.30. The first-order valence-corrected chi connectivity index (χ1v) is 7.22. The molecule has 17 heavy (non-hydrogen) atoms. The third-order valence-electron chi connectivity index (χ3n) is 2.82. The molecule has 0 radical (unpaired) electrons. The number of hydrogen-bond acceptors (Lipinski definition) is 4. The summed E-state index contributed by atoms with van der Waals surface area (Å²) in [7, 11) is -3.47. The molecule has 94 valence electrons. The van der Waals surface area contributed by atoms with Crippen molar-refractivity contribution < 1.29 is 8.42 Å². The molecule has 0 bridgehead atoms.